The highest BCUT2D eigenvalue weighted by Crippen LogP contribution is 2.55. The van der Waals surface area contributed by atoms with Crippen molar-refractivity contribution >= 4 is 32.6 Å². The van der Waals surface area contributed by atoms with Gasteiger partial charge in [0.25, 0.3) is 0 Å². The molecule has 0 unspecified atom stereocenters. The Bertz CT molecular complexity index is 2690. The lowest BCUT2D eigenvalue weighted by Crippen LogP contribution is -2.16. The standard InChI is InChI=1S/C49H35N/c1-49(2)44-28-23-35-17-9-10-18-40(35)46(44)43-27-26-42-41-19-11-12-20-45(41)50(48(42)47(43)49)39-24-21-34(22-25-39)38-30-36(32-13-5-3-6-14-32)29-37(31-38)33-15-7-4-8-16-33/h3-31H,1-2H3. The van der Waals surface area contributed by atoms with Crippen LogP contribution < -0.4 is 0 Å². The van der Waals surface area contributed by atoms with E-state index in [1.807, 2.05) is 0 Å². The van der Waals surface area contributed by atoms with Gasteiger partial charge in [-0.15, -0.1) is 0 Å². The molecular formula is C49H35N. The molecule has 0 N–H and O–H groups in total. The molecule has 0 amide bonds. The summed E-state index contributed by atoms with van der Waals surface area (Å²) in [4.78, 5) is 0. The molecule has 0 bridgehead atoms. The topological polar surface area (TPSA) is 4.93 Å². The Morgan fingerprint density at radius 2 is 0.980 bits per heavy atom. The van der Waals surface area contributed by atoms with Crippen LogP contribution in [0, 0.1) is 0 Å². The number of aromatic nitrogens is 1. The summed E-state index contributed by atoms with van der Waals surface area (Å²) in [6.07, 6.45) is 0. The summed E-state index contributed by atoms with van der Waals surface area (Å²) < 4.78 is 2.51. The second-order valence-electron chi connectivity index (χ2n) is 14.1. The van der Waals surface area contributed by atoms with E-state index in [1.54, 1.807) is 0 Å². The Morgan fingerprint density at radius 1 is 0.420 bits per heavy atom. The van der Waals surface area contributed by atoms with Gasteiger partial charge in [0.15, 0.2) is 0 Å². The number of benzene rings is 8. The van der Waals surface area contributed by atoms with Gasteiger partial charge in [0.1, 0.15) is 0 Å². The third kappa shape index (κ3) is 4.27. The van der Waals surface area contributed by atoms with Crippen LogP contribution in [0.4, 0.5) is 0 Å². The number of nitrogens with zero attached hydrogens (tertiary/aromatic N) is 1. The van der Waals surface area contributed by atoms with Gasteiger partial charge in [-0.25, -0.2) is 0 Å². The first-order valence-electron chi connectivity index (χ1n) is 17.5. The number of fused-ring (bicyclic) bond motifs is 9. The van der Waals surface area contributed by atoms with Crippen molar-refractivity contribution in [1.82, 2.24) is 4.57 Å². The third-order valence-corrected chi connectivity index (χ3v) is 10.9. The summed E-state index contributed by atoms with van der Waals surface area (Å²) in [5.41, 5.74) is 16.4. The van der Waals surface area contributed by atoms with Crippen LogP contribution in [-0.4, -0.2) is 4.57 Å². The minimum Gasteiger partial charge on any atom is -0.309 e. The summed E-state index contributed by atoms with van der Waals surface area (Å²) in [6, 6.07) is 64.7. The first-order valence-corrected chi connectivity index (χ1v) is 17.5. The quantitative estimate of drug-likeness (QED) is 0.181. The zero-order valence-corrected chi connectivity index (χ0v) is 28.2. The Balaban J connectivity index is 1.18. The summed E-state index contributed by atoms with van der Waals surface area (Å²) >= 11 is 0. The molecule has 1 heteroatoms. The van der Waals surface area contributed by atoms with Crippen LogP contribution in [0.15, 0.2) is 176 Å². The average molecular weight is 638 g/mol. The molecule has 1 nitrogen and oxygen atoms in total. The molecule has 10 rings (SSSR count). The van der Waals surface area contributed by atoms with Crippen LogP contribution in [0.3, 0.4) is 0 Å². The van der Waals surface area contributed by atoms with E-state index in [9.17, 15) is 0 Å². The van der Waals surface area contributed by atoms with Crippen molar-refractivity contribution in [3.8, 4) is 50.2 Å². The lowest BCUT2D eigenvalue weighted by atomic mass is 9.81. The van der Waals surface area contributed by atoms with E-state index < -0.39 is 0 Å². The van der Waals surface area contributed by atoms with Crippen LogP contribution in [-0.2, 0) is 5.41 Å². The number of para-hydroxylation sites is 1. The van der Waals surface area contributed by atoms with Crippen LogP contribution in [0.2, 0.25) is 0 Å². The third-order valence-electron chi connectivity index (χ3n) is 10.9. The molecule has 1 aliphatic carbocycles. The lowest BCUT2D eigenvalue weighted by molar-refractivity contribution is 0.664. The molecule has 0 fully saturated rings. The molecule has 0 saturated carbocycles. The number of hydrogen-bond donors (Lipinski definition) is 0. The van der Waals surface area contributed by atoms with E-state index in [-0.39, 0.29) is 5.41 Å². The van der Waals surface area contributed by atoms with Crippen molar-refractivity contribution in [2.24, 2.45) is 0 Å². The van der Waals surface area contributed by atoms with E-state index >= 15 is 0 Å². The van der Waals surface area contributed by atoms with Crippen molar-refractivity contribution in [3.63, 3.8) is 0 Å². The van der Waals surface area contributed by atoms with Crippen LogP contribution in [0.5, 0.6) is 0 Å². The lowest BCUT2D eigenvalue weighted by Gasteiger charge is -2.24. The maximum atomic E-state index is 2.51. The Labute approximate surface area is 292 Å². The van der Waals surface area contributed by atoms with Crippen molar-refractivity contribution < 1.29 is 0 Å². The van der Waals surface area contributed by atoms with Gasteiger partial charge in [0.2, 0.25) is 0 Å². The summed E-state index contributed by atoms with van der Waals surface area (Å²) in [6.45, 7) is 4.81. The minimum atomic E-state index is -0.161. The molecular weight excluding hydrogens is 603 g/mol. The van der Waals surface area contributed by atoms with Gasteiger partial charge in [-0.3, -0.25) is 0 Å². The smallest absolute Gasteiger partial charge is 0.0588 e. The van der Waals surface area contributed by atoms with Crippen molar-refractivity contribution in [1.29, 1.82) is 0 Å². The van der Waals surface area contributed by atoms with Crippen LogP contribution >= 0.6 is 0 Å². The molecule has 1 aliphatic rings. The highest BCUT2D eigenvalue weighted by molar-refractivity contribution is 6.15. The van der Waals surface area contributed by atoms with E-state index in [2.05, 4.69) is 194 Å². The molecule has 0 saturated heterocycles. The van der Waals surface area contributed by atoms with Crippen molar-refractivity contribution in [3.05, 3.63) is 187 Å². The van der Waals surface area contributed by atoms with E-state index in [1.165, 1.54) is 93.9 Å². The molecule has 1 aromatic heterocycles. The van der Waals surface area contributed by atoms with Gasteiger partial charge in [-0.1, -0.05) is 153 Å². The number of hydrogen-bond acceptors (Lipinski definition) is 0. The largest absolute Gasteiger partial charge is 0.309 e. The monoisotopic (exact) mass is 637 g/mol. The Kier molecular flexibility index (Phi) is 6.29. The van der Waals surface area contributed by atoms with Gasteiger partial charge < -0.3 is 4.57 Å². The molecule has 0 radical (unpaired) electrons. The van der Waals surface area contributed by atoms with Gasteiger partial charge in [0, 0.05) is 21.9 Å². The molecule has 50 heavy (non-hydrogen) atoms. The van der Waals surface area contributed by atoms with Crippen LogP contribution in [0.1, 0.15) is 25.0 Å². The van der Waals surface area contributed by atoms with E-state index in [0.717, 1.165) is 0 Å². The Hall–Kier alpha value is -6.18. The maximum Gasteiger partial charge on any atom is 0.0588 e. The zero-order valence-electron chi connectivity index (χ0n) is 28.2. The predicted octanol–water partition coefficient (Wildman–Crippen LogP) is 13.2. The fourth-order valence-corrected chi connectivity index (χ4v) is 8.58. The second-order valence-corrected chi connectivity index (χ2v) is 14.1. The zero-order chi connectivity index (χ0) is 33.4. The Morgan fingerprint density at radius 3 is 1.64 bits per heavy atom. The highest BCUT2D eigenvalue weighted by atomic mass is 15.0. The first-order chi connectivity index (χ1) is 24.6. The summed E-state index contributed by atoms with van der Waals surface area (Å²) in [7, 11) is 0. The van der Waals surface area contributed by atoms with E-state index in [0.29, 0.717) is 0 Å². The van der Waals surface area contributed by atoms with Gasteiger partial charge in [-0.05, 0) is 103 Å². The molecule has 8 aromatic carbocycles. The summed E-state index contributed by atoms with van der Waals surface area (Å²) in [5.74, 6) is 0. The first kappa shape index (κ1) is 28.8. The van der Waals surface area contributed by atoms with E-state index in [4.69, 9.17) is 0 Å². The average Bonchev–Trinajstić information content (AvgIpc) is 3.64. The molecule has 0 spiro atoms. The number of rotatable bonds is 4. The fourth-order valence-electron chi connectivity index (χ4n) is 8.58. The van der Waals surface area contributed by atoms with Gasteiger partial charge in [0.05, 0.1) is 11.0 Å². The summed E-state index contributed by atoms with van der Waals surface area (Å²) in [5, 5.41) is 5.21. The molecule has 9 aromatic rings. The second kappa shape index (κ2) is 10.9. The van der Waals surface area contributed by atoms with Crippen LogP contribution in [0.25, 0.3) is 82.8 Å². The fraction of sp³-hybridized carbons (Fsp3) is 0.0612. The van der Waals surface area contributed by atoms with Crippen molar-refractivity contribution in [2.75, 3.05) is 0 Å². The molecule has 1 heterocycles. The molecule has 0 atom stereocenters. The predicted molar refractivity (Wildman–Crippen MR) is 212 cm³/mol. The van der Waals surface area contributed by atoms with Crippen molar-refractivity contribution in [2.45, 2.75) is 19.3 Å². The SMILES string of the molecule is CC1(C)c2ccc3ccccc3c2-c2ccc3c4ccccc4n(-c4ccc(-c5cc(-c6ccccc6)cc(-c6ccccc6)c5)cc4)c3c21. The highest BCUT2D eigenvalue weighted by Gasteiger charge is 2.39. The minimum absolute atomic E-state index is 0.161. The maximum absolute atomic E-state index is 2.51. The molecule has 236 valence electrons. The normalized spacial score (nSPS) is 13.2. The van der Waals surface area contributed by atoms with Gasteiger partial charge in [-0.2, -0.15) is 0 Å². The molecule has 0 aliphatic heterocycles. The van der Waals surface area contributed by atoms with Gasteiger partial charge >= 0.3 is 0 Å².